The van der Waals surface area contributed by atoms with Crippen molar-refractivity contribution >= 4 is 29.2 Å². The van der Waals surface area contributed by atoms with Crippen LogP contribution in [0.3, 0.4) is 0 Å². The first-order chi connectivity index (χ1) is 8.04. The van der Waals surface area contributed by atoms with E-state index in [1.807, 2.05) is 0 Å². The van der Waals surface area contributed by atoms with E-state index in [2.05, 4.69) is 0 Å². The minimum Gasteiger partial charge on any atom is -0.506 e. The molecule has 3 nitrogen and oxygen atoms in total. The number of carbonyl (C=O) groups excluding carboxylic acids is 1. The molecule has 0 saturated heterocycles. The maximum Gasteiger partial charge on any atom is 0.305 e. The van der Waals surface area contributed by atoms with Gasteiger partial charge in [0.15, 0.2) is 0 Å². The molecule has 1 atom stereocenters. The number of aromatic hydroxyl groups is 1. The van der Waals surface area contributed by atoms with Gasteiger partial charge in [0.1, 0.15) is 5.75 Å². The van der Waals surface area contributed by atoms with E-state index < -0.39 is 0 Å². The van der Waals surface area contributed by atoms with Crippen LogP contribution < -0.4 is 0 Å². The molecule has 0 heterocycles. The van der Waals surface area contributed by atoms with Gasteiger partial charge in [-0.2, -0.15) is 0 Å². The lowest BCUT2D eigenvalue weighted by Crippen LogP contribution is -2.05. The lowest BCUT2D eigenvalue weighted by Gasteiger charge is -2.10. The molecule has 0 bridgehead atoms. The minimum atomic E-state index is -0.322. The highest BCUT2D eigenvalue weighted by molar-refractivity contribution is 6.32. The van der Waals surface area contributed by atoms with Crippen LogP contribution in [0.1, 0.15) is 30.7 Å². The molecule has 0 aliphatic heterocycles. The summed E-state index contributed by atoms with van der Waals surface area (Å²) < 4.78 is 4.81. The van der Waals surface area contributed by atoms with Gasteiger partial charge < -0.3 is 9.84 Å². The van der Waals surface area contributed by atoms with E-state index in [0.717, 1.165) is 5.56 Å². The normalized spacial score (nSPS) is 12.2. The largest absolute Gasteiger partial charge is 0.506 e. The highest BCUT2D eigenvalue weighted by Crippen LogP contribution is 2.31. The lowest BCUT2D eigenvalue weighted by atomic mass is 10.1. The molecular formula is C12H14Cl2O3. The van der Waals surface area contributed by atoms with Crippen molar-refractivity contribution < 1.29 is 14.6 Å². The van der Waals surface area contributed by atoms with E-state index in [0.29, 0.717) is 13.0 Å². The highest BCUT2D eigenvalue weighted by Gasteiger charge is 2.12. The van der Waals surface area contributed by atoms with Crippen molar-refractivity contribution in [3.63, 3.8) is 0 Å². The van der Waals surface area contributed by atoms with Crippen LogP contribution in [-0.4, -0.2) is 17.7 Å². The van der Waals surface area contributed by atoms with Gasteiger partial charge in [-0.15, -0.1) is 11.6 Å². The average Bonchev–Trinajstić information content (AvgIpc) is 2.30. The number of halogens is 2. The topological polar surface area (TPSA) is 46.5 Å². The third-order valence-corrected chi connectivity index (χ3v) is 3.01. The van der Waals surface area contributed by atoms with Gasteiger partial charge in [-0.05, 0) is 31.0 Å². The fraction of sp³-hybridized carbons (Fsp3) is 0.417. The third-order valence-electron chi connectivity index (χ3n) is 2.24. The van der Waals surface area contributed by atoms with E-state index in [4.69, 9.17) is 27.9 Å². The predicted molar refractivity (Wildman–Crippen MR) is 67.6 cm³/mol. The molecule has 1 rings (SSSR count). The van der Waals surface area contributed by atoms with Crippen LogP contribution in [0.15, 0.2) is 18.2 Å². The summed E-state index contributed by atoms with van der Waals surface area (Å²) >= 11 is 11.9. The molecule has 0 radical (unpaired) electrons. The molecule has 94 valence electrons. The van der Waals surface area contributed by atoms with Gasteiger partial charge in [0, 0.05) is 6.42 Å². The second-order valence-corrected chi connectivity index (χ2v) is 4.46. The fourth-order valence-electron chi connectivity index (χ4n) is 1.36. The van der Waals surface area contributed by atoms with Gasteiger partial charge in [0.2, 0.25) is 0 Å². The van der Waals surface area contributed by atoms with Crippen LogP contribution in [0.5, 0.6) is 5.75 Å². The Kier molecular flexibility index (Phi) is 5.59. The summed E-state index contributed by atoms with van der Waals surface area (Å²) in [4.78, 5) is 11.2. The van der Waals surface area contributed by atoms with Crippen molar-refractivity contribution in [2.75, 3.05) is 6.61 Å². The predicted octanol–water partition coefficient (Wildman–Crippen LogP) is 3.67. The number of alkyl halides is 1. The summed E-state index contributed by atoms with van der Waals surface area (Å²) in [7, 11) is 0. The first kappa shape index (κ1) is 14.1. The monoisotopic (exact) mass is 276 g/mol. The molecule has 0 amide bonds. The third kappa shape index (κ3) is 4.44. The number of rotatable bonds is 5. The van der Waals surface area contributed by atoms with Gasteiger partial charge in [-0.3, -0.25) is 4.79 Å². The molecule has 0 aliphatic carbocycles. The summed E-state index contributed by atoms with van der Waals surface area (Å²) in [5.41, 5.74) is 0.777. The second kappa shape index (κ2) is 6.72. The molecule has 0 aliphatic rings. The zero-order chi connectivity index (χ0) is 12.8. The van der Waals surface area contributed by atoms with E-state index >= 15 is 0 Å². The van der Waals surface area contributed by atoms with E-state index in [1.165, 1.54) is 6.07 Å². The van der Waals surface area contributed by atoms with Crippen molar-refractivity contribution in [1.29, 1.82) is 0 Å². The van der Waals surface area contributed by atoms with Crippen molar-refractivity contribution in [2.45, 2.75) is 25.1 Å². The first-order valence-corrected chi connectivity index (χ1v) is 6.14. The molecule has 1 unspecified atom stereocenters. The van der Waals surface area contributed by atoms with E-state index in [9.17, 15) is 9.90 Å². The van der Waals surface area contributed by atoms with Gasteiger partial charge in [-0.1, -0.05) is 17.7 Å². The zero-order valence-corrected chi connectivity index (χ0v) is 11.0. The Hall–Kier alpha value is -0.930. The highest BCUT2D eigenvalue weighted by atomic mass is 35.5. The number of carbonyl (C=O) groups is 1. The minimum absolute atomic E-state index is 0.0182. The molecule has 1 aromatic rings. The number of hydrogen-bond acceptors (Lipinski definition) is 3. The average molecular weight is 277 g/mol. The van der Waals surface area contributed by atoms with Gasteiger partial charge in [0.05, 0.1) is 17.0 Å². The molecule has 1 aromatic carbocycles. The Labute approximate surface area is 110 Å². The molecular weight excluding hydrogens is 263 g/mol. The van der Waals surface area contributed by atoms with Crippen molar-refractivity contribution in [3.05, 3.63) is 28.8 Å². The first-order valence-electron chi connectivity index (χ1n) is 5.32. The van der Waals surface area contributed by atoms with Gasteiger partial charge in [0.25, 0.3) is 0 Å². The quantitative estimate of drug-likeness (QED) is 0.659. The summed E-state index contributed by atoms with van der Waals surface area (Å²) in [5.74, 6) is -0.243. The fourth-order valence-corrected chi connectivity index (χ4v) is 1.80. The number of ether oxygens (including phenoxy) is 1. The number of phenolic OH excluding ortho intramolecular Hbond substituents is 1. The number of phenols is 1. The maximum absolute atomic E-state index is 11.2. The van der Waals surface area contributed by atoms with Gasteiger partial charge >= 0.3 is 5.97 Å². The molecule has 0 fully saturated rings. The zero-order valence-electron chi connectivity index (χ0n) is 9.45. The summed E-state index contributed by atoms with van der Waals surface area (Å²) in [6.07, 6.45) is 0.738. The number of esters is 1. The molecule has 5 heteroatoms. The smallest absolute Gasteiger partial charge is 0.305 e. The second-order valence-electron chi connectivity index (χ2n) is 3.52. The van der Waals surface area contributed by atoms with E-state index in [-0.39, 0.29) is 28.5 Å². The van der Waals surface area contributed by atoms with Crippen molar-refractivity contribution in [3.8, 4) is 5.75 Å². The van der Waals surface area contributed by atoms with Crippen LogP contribution in [-0.2, 0) is 9.53 Å². The maximum atomic E-state index is 11.2. The lowest BCUT2D eigenvalue weighted by molar-refractivity contribution is -0.143. The summed E-state index contributed by atoms with van der Waals surface area (Å²) in [6.45, 7) is 2.13. The molecule has 17 heavy (non-hydrogen) atoms. The molecule has 0 saturated carbocycles. The molecule has 1 N–H and O–H groups in total. The Morgan fingerprint density at radius 2 is 2.24 bits per heavy atom. The van der Waals surface area contributed by atoms with Crippen LogP contribution >= 0.6 is 23.2 Å². The number of hydrogen-bond donors (Lipinski definition) is 1. The van der Waals surface area contributed by atoms with Gasteiger partial charge in [-0.25, -0.2) is 0 Å². The SMILES string of the molecule is CCOC(=O)CCC(Cl)c1ccc(O)c(Cl)c1. The Balaban J connectivity index is 2.54. The Bertz CT molecular complexity index is 393. The van der Waals surface area contributed by atoms with Crippen molar-refractivity contribution in [1.82, 2.24) is 0 Å². The van der Waals surface area contributed by atoms with Crippen LogP contribution in [0, 0.1) is 0 Å². The molecule has 0 spiro atoms. The number of benzene rings is 1. The Morgan fingerprint density at radius 3 is 2.82 bits per heavy atom. The van der Waals surface area contributed by atoms with Crippen molar-refractivity contribution in [2.24, 2.45) is 0 Å². The summed E-state index contributed by atoms with van der Waals surface area (Å²) in [6, 6.07) is 4.77. The summed E-state index contributed by atoms with van der Waals surface area (Å²) in [5, 5.41) is 9.20. The van der Waals surface area contributed by atoms with Crippen LogP contribution in [0.25, 0.3) is 0 Å². The standard InChI is InChI=1S/C12H14Cl2O3/c1-2-17-12(16)6-4-9(13)8-3-5-11(15)10(14)7-8/h3,5,7,9,15H,2,4,6H2,1H3. The van der Waals surface area contributed by atoms with Crippen LogP contribution in [0.4, 0.5) is 0 Å². The van der Waals surface area contributed by atoms with Crippen LogP contribution in [0.2, 0.25) is 5.02 Å². The van der Waals surface area contributed by atoms with E-state index in [1.54, 1.807) is 19.1 Å². The Morgan fingerprint density at radius 1 is 1.53 bits per heavy atom. The molecule has 0 aromatic heterocycles.